The Morgan fingerprint density at radius 1 is 1.21 bits per heavy atom. The fraction of sp³-hybridized carbons (Fsp3) is 0.857. The van der Waals surface area contributed by atoms with Gasteiger partial charge >= 0.3 is 5.97 Å². The van der Waals surface area contributed by atoms with E-state index in [1.54, 1.807) is 0 Å². The standard InChI is InChI=1S/C14H26N2O3/c1-3-15-11(2)10-12(17)16-14(13(18)19)8-6-4-5-7-9-14/h11,15H,3-10H2,1-2H3,(H,16,17)(H,18,19). The van der Waals surface area contributed by atoms with Crippen LogP contribution < -0.4 is 10.6 Å². The van der Waals surface area contributed by atoms with E-state index in [2.05, 4.69) is 10.6 Å². The number of hydrogen-bond acceptors (Lipinski definition) is 3. The summed E-state index contributed by atoms with van der Waals surface area (Å²) in [5.41, 5.74) is -1.04. The van der Waals surface area contributed by atoms with Crippen LogP contribution in [0.5, 0.6) is 0 Å². The first kappa shape index (κ1) is 16.0. The summed E-state index contributed by atoms with van der Waals surface area (Å²) in [6.07, 6.45) is 5.26. The highest BCUT2D eigenvalue weighted by atomic mass is 16.4. The highest BCUT2D eigenvalue weighted by Gasteiger charge is 2.39. The van der Waals surface area contributed by atoms with Crippen molar-refractivity contribution in [2.24, 2.45) is 0 Å². The van der Waals surface area contributed by atoms with Crippen LogP contribution in [0.25, 0.3) is 0 Å². The van der Waals surface area contributed by atoms with E-state index in [1.165, 1.54) is 0 Å². The molecule has 1 aliphatic carbocycles. The van der Waals surface area contributed by atoms with Gasteiger partial charge in [0.05, 0.1) is 0 Å². The molecule has 1 fully saturated rings. The Morgan fingerprint density at radius 3 is 2.26 bits per heavy atom. The van der Waals surface area contributed by atoms with Crippen LogP contribution in [0.1, 0.15) is 58.8 Å². The number of rotatable bonds is 6. The van der Waals surface area contributed by atoms with Crippen molar-refractivity contribution in [2.45, 2.75) is 70.4 Å². The van der Waals surface area contributed by atoms with Crippen molar-refractivity contribution in [3.8, 4) is 0 Å². The van der Waals surface area contributed by atoms with Crippen LogP contribution in [-0.2, 0) is 9.59 Å². The van der Waals surface area contributed by atoms with Gasteiger partial charge in [-0.05, 0) is 26.3 Å². The summed E-state index contributed by atoms with van der Waals surface area (Å²) in [6, 6.07) is 0.0709. The summed E-state index contributed by atoms with van der Waals surface area (Å²) in [5, 5.41) is 15.4. The number of amides is 1. The van der Waals surface area contributed by atoms with E-state index in [0.29, 0.717) is 19.3 Å². The largest absolute Gasteiger partial charge is 0.480 e. The van der Waals surface area contributed by atoms with Crippen LogP contribution in [0.4, 0.5) is 0 Å². The minimum absolute atomic E-state index is 0.0709. The summed E-state index contributed by atoms with van der Waals surface area (Å²) >= 11 is 0. The molecule has 0 aromatic carbocycles. The Labute approximate surface area is 115 Å². The van der Waals surface area contributed by atoms with Gasteiger partial charge in [-0.3, -0.25) is 4.79 Å². The van der Waals surface area contributed by atoms with E-state index in [0.717, 1.165) is 32.2 Å². The van der Waals surface area contributed by atoms with Crippen molar-refractivity contribution in [3.05, 3.63) is 0 Å². The topological polar surface area (TPSA) is 78.4 Å². The summed E-state index contributed by atoms with van der Waals surface area (Å²) in [5.74, 6) is -1.06. The lowest BCUT2D eigenvalue weighted by molar-refractivity contribution is -0.148. The van der Waals surface area contributed by atoms with Gasteiger partial charge in [-0.1, -0.05) is 32.6 Å². The number of nitrogens with one attached hydrogen (secondary N) is 2. The van der Waals surface area contributed by atoms with E-state index in [-0.39, 0.29) is 11.9 Å². The fourth-order valence-corrected chi connectivity index (χ4v) is 2.74. The third-order valence-corrected chi connectivity index (χ3v) is 3.79. The van der Waals surface area contributed by atoms with Crippen LogP contribution in [0.3, 0.4) is 0 Å². The maximum absolute atomic E-state index is 12.0. The van der Waals surface area contributed by atoms with Gasteiger partial charge in [-0.25, -0.2) is 4.79 Å². The van der Waals surface area contributed by atoms with E-state index in [4.69, 9.17) is 0 Å². The Morgan fingerprint density at radius 2 is 1.79 bits per heavy atom. The Hall–Kier alpha value is -1.10. The second kappa shape index (κ2) is 7.48. The molecule has 5 heteroatoms. The molecule has 5 nitrogen and oxygen atoms in total. The molecule has 0 bridgehead atoms. The van der Waals surface area contributed by atoms with Crippen LogP contribution in [-0.4, -0.2) is 35.1 Å². The smallest absolute Gasteiger partial charge is 0.329 e. The first-order valence-electron chi connectivity index (χ1n) is 7.28. The van der Waals surface area contributed by atoms with Crippen molar-refractivity contribution >= 4 is 11.9 Å². The number of carbonyl (C=O) groups excluding carboxylic acids is 1. The molecule has 0 heterocycles. The second-order valence-corrected chi connectivity index (χ2v) is 5.51. The van der Waals surface area contributed by atoms with Crippen molar-refractivity contribution in [1.29, 1.82) is 0 Å². The molecule has 0 aliphatic heterocycles. The van der Waals surface area contributed by atoms with E-state index in [1.807, 2.05) is 13.8 Å². The van der Waals surface area contributed by atoms with E-state index < -0.39 is 11.5 Å². The van der Waals surface area contributed by atoms with Gasteiger partial charge in [0.15, 0.2) is 0 Å². The van der Waals surface area contributed by atoms with Gasteiger partial charge < -0.3 is 15.7 Å². The lowest BCUT2D eigenvalue weighted by Gasteiger charge is -2.29. The molecule has 0 aromatic heterocycles. The molecule has 0 aromatic rings. The number of carbonyl (C=O) groups is 2. The summed E-state index contributed by atoms with van der Waals surface area (Å²) in [7, 11) is 0. The Kier molecular flexibility index (Phi) is 6.28. The van der Waals surface area contributed by atoms with Gasteiger partial charge in [0.25, 0.3) is 0 Å². The third kappa shape index (κ3) is 4.82. The highest BCUT2D eigenvalue weighted by molar-refractivity contribution is 5.87. The average molecular weight is 270 g/mol. The molecular formula is C14H26N2O3. The maximum Gasteiger partial charge on any atom is 0.329 e. The van der Waals surface area contributed by atoms with Crippen LogP contribution in [0, 0.1) is 0 Å². The molecule has 0 spiro atoms. The second-order valence-electron chi connectivity index (χ2n) is 5.51. The fourth-order valence-electron chi connectivity index (χ4n) is 2.74. The minimum atomic E-state index is -1.04. The molecule has 1 amide bonds. The third-order valence-electron chi connectivity index (χ3n) is 3.79. The minimum Gasteiger partial charge on any atom is -0.480 e. The number of carboxylic acid groups (broad SMARTS) is 1. The van der Waals surface area contributed by atoms with Crippen LogP contribution in [0.15, 0.2) is 0 Å². The summed E-state index contributed by atoms with van der Waals surface area (Å²) in [6.45, 7) is 4.72. The summed E-state index contributed by atoms with van der Waals surface area (Å²) in [4.78, 5) is 23.5. The molecule has 110 valence electrons. The zero-order chi connectivity index (χ0) is 14.3. The van der Waals surface area contributed by atoms with Crippen LogP contribution in [0.2, 0.25) is 0 Å². The van der Waals surface area contributed by atoms with Crippen LogP contribution >= 0.6 is 0 Å². The van der Waals surface area contributed by atoms with E-state index in [9.17, 15) is 14.7 Å². The quantitative estimate of drug-likeness (QED) is 0.642. The van der Waals surface area contributed by atoms with Gasteiger partial charge in [0.1, 0.15) is 5.54 Å². The molecule has 1 aliphatic rings. The first-order chi connectivity index (χ1) is 9.00. The molecule has 19 heavy (non-hydrogen) atoms. The monoisotopic (exact) mass is 270 g/mol. The Bertz CT molecular complexity index is 310. The zero-order valence-electron chi connectivity index (χ0n) is 12.0. The predicted molar refractivity (Wildman–Crippen MR) is 74.0 cm³/mol. The van der Waals surface area contributed by atoms with Crippen molar-refractivity contribution < 1.29 is 14.7 Å². The predicted octanol–water partition coefficient (Wildman–Crippen LogP) is 1.67. The van der Waals surface area contributed by atoms with Gasteiger partial charge in [0.2, 0.25) is 5.91 Å². The SMILES string of the molecule is CCNC(C)CC(=O)NC1(C(=O)O)CCCCCC1. The van der Waals surface area contributed by atoms with Crippen molar-refractivity contribution in [2.75, 3.05) is 6.54 Å². The normalized spacial score (nSPS) is 20.3. The van der Waals surface area contributed by atoms with Gasteiger partial charge in [-0.15, -0.1) is 0 Å². The molecule has 1 saturated carbocycles. The number of hydrogen-bond donors (Lipinski definition) is 3. The molecule has 1 unspecified atom stereocenters. The average Bonchev–Trinajstić information content (AvgIpc) is 2.55. The van der Waals surface area contributed by atoms with Crippen molar-refractivity contribution in [3.63, 3.8) is 0 Å². The molecular weight excluding hydrogens is 244 g/mol. The summed E-state index contributed by atoms with van der Waals surface area (Å²) < 4.78 is 0. The maximum atomic E-state index is 12.0. The molecule has 1 rings (SSSR count). The van der Waals surface area contributed by atoms with Gasteiger partial charge in [0, 0.05) is 12.5 Å². The zero-order valence-corrected chi connectivity index (χ0v) is 12.0. The Balaban J connectivity index is 2.62. The molecule has 0 saturated heterocycles. The highest BCUT2D eigenvalue weighted by Crippen LogP contribution is 2.27. The molecule has 0 radical (unpaired) electrons. The number of aliphatic carboxylic acids is 1. The van der Waals surface area contributed by atoms with Gasteiger partial charge in [-0.2, -0.15) is 0 Å². The number of carboxylic acids is 1. The van der Waals surface area contributed by atoms with E-state index >= 15 is 0 Å². The first-order valence-corrected chi connectivity index (χ1v) is 7.28. The lowest BCUT2D eigenvalue weighted by atomic mass is 9.90. The lowest BCUT2D eigenvalue weighted by Crippen LogP contribution is -2.55. The molecule has 1 atom stereocenters. The molecule has 3 N–H and O–H groups in total. The van der Waals surface area contributed by atoms with Crippen molar-refractivity contribution in [1.82, 2.24) is 10.6 Å².